The van der Waals surface area contributed by atoms with E-state index >= 15 is 0 Å². The molecule has 4 rings (SSSR count). The molecule has 0 fully saturated rings. The number of nitriles is 1. The molecule has 6 heteroatoms. The molecule has 0 spiro atoms. The largest absolute Gasteiger partial charge is 0.454 e. The first-order valence-electron chi connectivity index (χ1n) is 6.62. The second-order valence-electron chi connectivity index (χ2n) is 4.70. The molecule has 0 radical (unpaired) electrons. The minimum absolute atomic E-state index is 0.286. The number of benzene rings is 1. The highest BCUT2D eigenvalue weighted by Gasteiger charge is 2.13. The molecule has 0 saturated heterocycles. The van der Waals surface area contributed by atoms with Gasteiger partial charge in [0.05, 0.1) is 5.69 Å². The molecule has 0 amide bonds. The lowest BCUT2D eigenvalue weighted by molar-refractivity contribution is 0.629. The summed E-state index contributed by atoms with van der Waals surface area (Å²) in [5, 5.41) is 20.2. The number of pyridine rings is 1. The number of aromatic nitrogens is 4. The van der Waals surface area contributed by atoms with E-state index in [1.54, 1.807) is 6.07 Å². The van der Waals surface area contributed by atoms with E-state index < -0.39 is 0 Å². The van der Waals surface area contributed by atoms with Gasteiger partial charge in [0.25, 0.3) is 0 Å². The van der Waals surface area contributed by atoms with Gasteiger partial charge in [-0.2, -0.15) is 5.26 Å². The summed E-state index contributed by atoms with van der Waals surface area (Å²) in [7, 11) is 0. The first-order chi connectivity index (χ1) is 10.8. The molecule has 0 saturated carbocycles. The third-order valence-corrected chi connectivity index (χ3v) is 3.33. The van der Waals surface area contributed by atoms with Gasteiger partial charge in [-0.25, -0.2) is 10.1 Å². The highest BCUT2D eigenvalue weighted by Crippen LogP contribution is 2.28. The number of rotatable bonds is 2. The summed E-state index contributed by atoms with van der Waals surface area (Å²) in [6.07, 6.45) is 0. The van der Waals surface area contributed by atoms with Crippen LogP contribution in [-0.4, -0.2) is 20.4 Å². The van der Waals surface area contributed by atoms with Crippen LogP contribution in [0.25, 0.3) is 33.8 Å². The predicted molar refractivity (Wildman–Crippen MR) is 79.5 cm³/mol. The Morgan fingerprint density at radius 1 is 1.05 bits per heavy atom. The van der Waals surface area contributed by atoms with Crippen LogP contribution in [0.15, 0.2) is 52.9 Å². The SMILES string of the molecule is N#Cc1[nH]nnc1-c1cccc(-c2cc3ccccc3o2)n1. The van der Waals surface area contributed by atoms with Crippen molar-refractivity contribution in [2.45, 2.75) is 0 Å². The topological polar surface area (TPSA) is 91.4 Å². The maximum absolute atomic E-state index is 9.04. The van der Waals surface area contributed by atoms with Gasteiger partial charge in [-0.05, 0) is 24.3 Å². The Morgan fingerprint density at radius 2 is 1.91 bits per heavy atom. The number of H-pyrrole nitrogens is 1. The van der Waals surface area contributed by atoms with Gasteiger partial charge in [0.15, 0.2) is 11.5 Å². The smallest absolute Gasteiger partial charge is 0.165 e. The van der Waals surface area contributed by atoms with Crippen molar-refractivity contribution >= 4 is 11.0 Å². The zero-order valence-corrected chi connectivity index (χ0v) is 11.3. The molecule has 1 aromatic carbocycles. The standard InChI is InChI=1S/C16H9N5O/c17-9-13-16(20-21-19-13)12-6-3-5-11(18-12)15-8-10-4-1-2-7-14(10)22-15/h1-8H,(H,19,20,21). The van der Waals surface area contributed by atoms with Crippen molar-refractivity contribution in [1.29, 1.82) is 5.26 Å². The van der Waals surface area contributed by atoms with Gasteiger partial charge in [0.1, 0.15) is 23.0 Å². The van der Waals surface area contributed by atoms with Gasteiger partial charge in [0.2, 0.25) is 0 Å². The zero-order valence-electron chi connectivity index (χ0n) is 11.3. The van der Waals surface area contributed by atoms with Crippen LogP contribution in [0.1, 0.15) is 5.69 Å². The van der Waals surface area contributed by atoms with Crippen LogP contribution in [0.5, 0.6) is 0 Å². The van der Waals surface area contributed by atoms with Gasteiger partial charge in [-0.15, -0.1) is 5.10 Å². The van der Waals surface area contributed by atoms with Crippen LogP contribution in [-0.2, 0) is 0 Å². The van der Waals surface area contributed by atoms with Crippen molar-refractivity contribution < 1.29 is 4.42 Å². The van der Waals surface area contributed by atoms with E-state index in [2.05, 4.69) is 20.4 Å². The fourth-order valence-corrected chi connectivity index (χ4v) is 2.30. The van der Waals surface area contributed by atoms with E-state index in [4.69, 9.17) is 9.68 Å². The van der Waals surface area contributed by atoms with Crippen molar-refractivity contribution in [2.75, 3.05) is 0 Å². The zero-order chi connectivity index (χ0) is 14.9. The third kappa shape index (κ3) is 1.93. The molecular weight excluding hydrogens is 278 g/mol. The van der Waals surface area contributed by atoms with Gasteiger partial charge < -0.3 is 4.42 Å². The van der Waals surface area contributed by atoms with Crippen LogP contribution in [0.3, 0.4) is 0 Å². The first kappa shape index (κ1) is 12.3. The van der Waals surface area contributed by atoms with Crippen molar-refractivity contribution in [3.63, 3.8) is 0 Å². The second-order valence-corrected chi connectivity index (χ2v) is 4.70. The Balaban J connectivity index is 1.84. The van der Waals surface area contributed by atoms with Gasteiger partial charge >= 0.3 is 0 Å². The predicted octanol–water partition coefficient (Wildman–Crippen LogP) is 3.15. The Hall–Kier alpha value is -3.46. The highest BCUT2D eigenvalue weighted by atomic mass is 16.3. The van der Waals surface area contributed by atoms with Crippen LogP contribution >= 0.6 is 0 Å². The van der Waals surface area contributed by atoms with Gasteiger partial charge in [-0.1, -0.05) is 29.5 Å². The summed E-state index contributed by atoms with van der Waals surface area (Å²) >= 11 is 0. The van der Waals surface area contributed by atoms with E-state index in [-0.39, 0.29) is 5.69 Å². The summed E-state index contributed by atoms with van der Waals surface area (Å²) in [5.41, 5.74) is 2.78. The first-order valence-corrected chi connectivity index (χ1v) is 6.62. The lowest BCUT2D eigenvalue weighted by Crippen LogP contribution is -1.89. The number of hydrogen-bond donors (Lipinski definition) is 1. The second kappa shape index (κ2) is 4.82. The van der Waals surface area contributed by atoms with Crippen molar-refractivity contribution in [3.8, 4) is 28.9 Å². The number of aromatic amines is 1. The normalized spacial score (nSPS) is 10.7. The summed E-state index contributed by atoms with van der Waals surface area (Å²) in [6.45, 7) is 0. The average Bonchev–Trinajstić information content (AvgIpc) is 3.21. The molecule has 104 valence electrons. The molecule has 0 unspecified atom stereocenters. The van der Waals surface area contributed by atoms with Crippen LogP contribution in [0, 0.1) is 11.3 Å². The average molecular weight is 287 g/mol. The molecule has 6 nitrogen and oxygen atoms in total. The molecule has 3 heterocycles. The number of nitrogens with one attached hydrogen (secondary N) is 1. The maximum Gasteiger partial charge on any atom is 0.165 e. The summed E-state index contributed by atoms with van der Waals surface area (Å²) in [5.74, 6) is 0.671. The van der Waals surface area contributed by atoms with Crippen molar-refractivity contribution in [1.82, 2.24) is 20.4 Å². The summed E-state index contributed by atoms with van der Waals surface area (Å²) < 4.78 is 5.81. The highest BCUT2D eigenvalue weighted by molar-refractivity contribution is 5.82. The molecule has 0 atom stereocenters. The Labute approximate surface area is 125 Å². The molecule has 22 heavy (non-hydrogen) atoms. The number of fused-ring (bicyclic) bond motifs is 1. The number of para-hydroxylation sites is 1. The molecule has 0 aliphatic heterocycles. The van der Waals surface area contributed by atoms with E-state index in [1.807, 2.05) is 48.5 Å². The van der Waals surface area contributed by atoms with E-state index in [9.17, 15) is 0 Å². The van der Waals surface area contributed by atoms with E-state index in [0.29, 0.717) is 22.8 Å². The minimum Gasteiger partial charge on any atom is -0.454 e. The van der Waals surface area contributed by atoms with Crippen LogP contribution < -0.4 is 0 Å². The fraction of sp³-hybridized carbons (Fsp3) is 0. The molecule has 0 bridgehead atoms. The summed E-state index contributed by atoms with van der Waals surface area (Å²) in [6, 6.07) is 17.2. The Morgan fingerprint density at radius 3 is 2.77 bits per heavy atom. The minimum atomic E-state index is 0.286. The molecule has 0 aliphatic rings. The van der Waals surface area contributed by atoms with Crippen LogP contribution in [0.4, 0.5) is 0 Å². The van der Waals surface area contributed by atoms with E-state index in [1.165, 1.54) is 0 Å². The van der Waals surface area contributed by atoms with Crippen molar-refractivity contribution in [2.24, 2.45) is 0 Å². The van der Waals surface area contributed by atoms with Gasteiger partial charge in [0, 0.05) is 5.39 Å². The maximum atomic E-state index is 9.04. The molecule has 1 N–H and O–H groups in total. The van der Waals surface area contributed by atoms with E-state index in [0.717, 1.165) is 11.0 Å². The lowest BCUT2D eigenvalue weighted by atomic mass is 10.2. The summed E-state index contributed by atoms with van der Waals surface area (Å²) in [4.78, 5) is 4.52. The fourth-order valence-electron chi connectivity index (χ4n) is 2.30. The number of hydrogen-bond acceptors (Lipinski definition) is 5. The quantitative estimate of drug-likeness (QED) is 0.611. The Kier molecular flexibility index (Phi) is 2.70. The van der Waals surface area contributed by atoms with Gasteiger partial charge in [-0.3, -0.25) is 0 Å². The van der Waals surface area contributed by atoms with Crippen molar-refractivity contribution in [3.05, 3.63) is 54.2 Å². The molecule has 0 aliphatic carbocycles. The monoisotopic (exact) mass is 287 g/mol. The Bertz CT molecular complexity index is 975. The number of furan rings is 1. The third-order valence-electron chi connectivity index (χ3n) is 3.33. The van der Waals surface area contributed by atoms with Crippen LogP contribution in [0.2, 0.25) is 0 Å². The molecule has 4 aromatic rings. The molecular formula is C16H9N5O. The molecule has 3 aromatic heterocycles. The number of nitrogens with zero attached hydrogens (tertiary/aromatic N) is 4. The lowest BCUT2D eigenvalue weighted by Gasteiger charge is -1.99.